The molecule has 2 heterocycles. The molecule has 5 heteroatoms. The molecule has 0 aliphatic rings. The summed E-state index contributed by atoms with van der Waals surface area (Å²) in [5, 5.41) is 3.24. The Kier molecular flexibility index (Phi) is 4.05. The van der Waals surface area contributed by atoms with Gasteiger partial charge >= 0.3 is 0 Å². The summed E-state index contributed by atoms with van der Waals surface area (Å²) in [6.45, 7) is 2.02. The number of aromatic nitrogens is 1. The number of nitrogens with zero attached hydrogens (tertiary/aromatic N) is 1. The van der Waals surface area contributed by atoms with Gasteiger partial charge in [-0.15, -0.1) is 11.3 Å². The van der Waals surface area contributed by atoms with Crippen molar-refractivity contribution in [2.24, 2.45) is 0 Å². The van der Waals surface area contributed by atoms with E-state index in [1.54, 1.807) is 0 Å². The van der Waals surface area contributed by atoms with Crippen molar-refractivity contribution in [3.63, 3.8) is 0 Å². The Bertz CT molecular complexity index is 525. The van der Waals surface area contributed by atoms with Crippen LogP contribution in [0.4, 0.5) is 0 Å². The number of thiophene rings is 1. The third kappa shape index (κ3) is 2.80. The van der Waals surface area contributed by atoms with Crippen molar-refractivity contribution < 1.29 is 0 Å². The van der Waals surface area contributed by atoms with E-state index in [0.29, 0.717) is 4.34 Å². The Morgan fingerprint density at radius 3 is 2.59 bits per heavy atom. The fraction of sp³-hybridized carbons (Fsp3) is 0.250. The summed E-state index contributed by atoms with van der Waals surface area (Å²) in [4.78, 5) is 4.20. The van der Waals surface area contributed by atoms with Crippen LogP contribution in [-0.2, 0) is 0 Å². The lowest BCUT2D eigenvalue weighted by Gasteiger charge is -2.16. The molecule has 0 aliphatic carbocycles. The normalized spacial score (nSPS) is 12.7. The van der Waals surface area contributed by atoms with Crippen molar-refractivity contribution >= 4 is 34.5 Å². The molecule has 2 nitrogen and oxygen atoms in total. The Labute approximate surface area is 115 Å². The number of halogens is 2. The smallest absolute Gasteiger partial charge is 0.0995 e. The minimum absolute atomic E-state index is 0.0265. The highest BCUT2D eigenvalue weighted by atomic mass is 35.5. The predicted molar refractivity (Wildman–Crippen MR) is 74.2 cm³/mol. The van der Waals surface area contributed by atoms with Crippen molar-refractivity contribution in [2.75, 3.05) is 7.05 Å². The molecule has 0 saturated carbocycles. The molecule has 1 unspecified atom stereocenters. The van der Waals surface area contributed by atoms with Crippen LogP contribution < -0.4 is 5.32 Å². The number of pyridine rings is 1. The zero-order valence-corrected chi connectivity index (χ0v) is 11.8. The van der Waals surface area contributed by atoms with Gasteiger partial charge in [0.2, 0.25) is 0 Å². The predicted octanol–water partition coefficient (Wildman–Crippen LogP) is 4.07. The van der Waals surface area contributed by atoms with Gasteiger partial charge in [0.1, 0.15) is 0 Å². The van der Waals surface area contributed by atoms with E-state index in [4.69, 9.17) is 23.2 Å². The minimum Gasteiger partial charge on any atom is -0.309 e. The average Bonchev–Trinajstić information content (AvgIpc) is 2.59. The molecular weight excluding hydrogens is 275 g/mol. The third-order valence-electron chi connectivity index (χ3n) is 2.51. The fourth-order valence-corrected chi connectivity index (χ4v) is 3.32. The molecule has 2 rings (SSSR count). The Hall–Kier alpha value is -0.610. The molecule has 0 radical (unpaired) electrons. The van der Waals surface area contributed by atoms with E-state index >= 15 is 0 Å². The summed E-state index contributed by atoms with van der Waals surface area (Å²) in [6, 6.07) is 4.02. The van der Waals surface area contributed by atoms with Gasteiger partial charge in [-0.25, -0.2) is 0 Å². The molecule has 0 saturated heterocycles. The number of aryl methyl sites for hydroxylation is 1. The number of rotatable bonds is 3. The van der Waals surface area contributed by atoms with Crippen molar-refractivity contribution in [2.45, 2.75) is 13.0 Å². The highest BCUT2D eigenvalue weighted by Crippen LogP contribution is 2.37. The summed E-state index contributed by atoms with van der Waals surface area (Å²) in [6.07, 6.45) is 3.68. The lowest BCUT2D eigenvalue weighted by atomic mass is 10.0. The topological polar surface area (TPSA) is 24.9 Å². The lowest BCUT2D eigenvalue weighted by Crippen LogP contribution is -2.17. The summed E-state index contributed by atoms with van der Waals surface area (Å²) in [7, 11) is 1.90. The molecular formula is C12H12Cl2N2S. The summed E-state index contributed by atoms with van der Waals surface area (Å²) in [5.74, 6) is 0. The molecule has 90 valence electrons. The Morgan fingerprint density at radius 1 is 1.29 bits per heavy atom. The van der Waals surface area contributed by atoms with Crippen LogP contribution in [0.2, 0.25) is 8.67 Å². The first-order valence-electron chi connectivity index (χ1n) is 5.15. The van der Waals surface area contributed by atoms with E-state index in [2.05, 4.69) is 16.4 Å². The second-order valence-corrected chi connectivity index (χ2v) is 6.08. The minimum atomic E-state index is 0.0265. The summed E-state index contributed by atoms with van der Waals surface area (Å²) >= 11 is 13.5. The van der Waals surface area contributed by atoms with Gasteiger partial charge in [0.05, 0.1) is 14.7 Å². The molecule has 1 N–H and O–H groups in total. The van der Waals surface area contributed by atoms with Gasteiger partial charge in [-0.3, -0.25) is 4.98 Å². The first kappa shape index (κ1) is 12.8. The molecule has 0 aliphatic heterocycles. The summed E-state index contributed by atoms with van der Waals surface area (Å²) < 4.78 is 1.42. The molecule has 0 aromatic carbocycles. The van der Waals surface area contributed by atoms with Crippen LogP contribution in [0.5, 0.6) is 0 Å². The first-order chi connectivity index (χ1) is 8.11. The number of nitrogens with one attached hydrogen (secondary N) is 1. The highest BCUT2D eigenvalue weighted by molar-refractivity contribution is 7.20. The quantitative estimate of drug-likeness (QED) is 0.920. The van der Waals surface area contributed by atoms with Gasteiger partial charge in [0.15, 0.2) is 0 Å². The van der Waals surface area contributed by atoms with Crippen molar-refractivity contribution in [3.05, 3.63) is 49.9 Å². The van der Waals surface area contributed by atoms with Gasteiger partial charge in [-0.1, -0.05) is 29.3 Å². The molecule has 0 amide bonds. The molecule has 2 aromatic rings. The number of hydrogen-bond acceptors (Lipinski definition) is 3. The van der Waals surface area contributed by atoms with Gasteiger partial charge in [-0.05, 0) is 31.2 Å². The molecule has 0 bridgehead atoms. The van der Waals surface area contributed by atoms with Crippen LogP contribution in [0.3, 0.4) is 0 Å². The van der Waals surface area contributed by atoms with Crippen molar-refractivity contribution in [3.8, 4) is 0 Å². The molecule has 17 heavy (non-hydrogen) atoms. The molecule has 0 fully saturated rings. The molecule has 1 atom stereocenters. The van der Waals surface area contributed by atoms with Crippen LogP contribution in [0.25, 0.3) is 0 Å². The van der Waals surface area contributed by atoms with E-state index in [-0.39, 0.29) is 6.04 Å². The highest BCUT2D eigenvalue weighted by Gasteiger charge is 2.18. The van der Waals surface area contributed by atoms with Crippen LogP contribution in [0.1, 0.15) is 22.7 Å². The average molecular weight is 287 g/mol. The fourth-order valence-electron chi connectivity index (χ4n) is 1.79. The second-order valence-electron chi connectivity index (χ2n) is 3.80. The van der Waals surface area contributed by atoms with E-state index < -0.39 is 0 Å². The SMILES string of the molecule is CNC(c1cncc(C)c1)c1cc(Cl)sc1Cl. The monoisotopic (exact) mass is 286 g/mol. The summed E-state index contributed by atoms with van der Waals surface area (Å²) in [5.41, 5.74) is 3.21. The van der Waals surface area contributed by atoms with Crippen LogP contribution in [0, 0.1) is 6.92 Å². The van der Waals surface area contributed by atoms with Crippen LogP contribution in [0.15, 0.2) is 24.5 Å². The van der Waals surface area contributed by atoms with Crippen LogP contribution in [-0.4, -0.2) is 12.0 Å². The van der Waals surface area contributed by atoms with E-state index in [9.17, 15) is 0 Å². The van der Waals surface area contributed by atoms with E-state index in [1.807, 2.05) is 32.4 Å². The first-order valence-corrected chi connectivity index (χ1v) is 6.72. The van der Waals surface area contributed by atoms with Crippen molar-refractivity contribution in [1.29, 1.82) is 0 Å². The lowest BCUT2D eigenvalue weighted by molar-refractivity contribution is 0.690. The van der Waals surface area contributed by atoms with Gasteiger partial charge in [0, 0.05) is 18.0 Å². The zero-order chi connectivity index (χ0) is 12.4. The van der Waals surface area contributed by atoms with Gasteiger partial charge < -0.3 is 5.32 Å². The van der Waals surface area contributed by atoms with Crippen LogP contribution >= 0.6 is 34.5 Å². The maximum Gasteiger partial charge on any atom is 0.0995 e. The Balaban J connectivity index is 2.43. The second kappa shape index (κ2) is 5.36. The van der Waals surface area contributed by atoms with Gasteiger partial charge in [-0.2, -0.15) is 0 Å². The molecule has 0 spiro atoms. The molecule has 2 aromatic heterocycles. The largest absolute Gasteiger partial charge is 0.309 e. The van der Waals surface area contributed by atoms with E-state index in [1.165, 1.54) is 11.3 Å². The zero-order valence-electron chi connectivity index (χ0n) is 9.50. The standard InChI is InChI=1S/C12H12Cl2N2S/c1-7-3-8(6-16-5-7)11(15-2)9-4-10(13)17-12(9)14/h3-6,11,15H,1-2H3. The maximum atomic E-state index is 6.18. The Morgan fingerprint density at radius 2 is 2.06 bits per heavy atom. The van der Waals surface area contributed by atoms with Crippen molar-refractivity contribution in [1.82, 2.24) is 10.3 Å². The van der Waals surface area contributed by atoms with Gasteiger partial charge in [0.25, 0.3) is 0 Å². The maximum absolute atomic E-state index is 6.18. The number of hydrogen-bond donors (Lipinski definition) is 1. The third-order valence-corrected chi connectivity index (χ3v) is 4.03. The van der Waals surface area contributed by atoms with E-state index in [0.717, 1.165) is 21.0 Å².